The molecule has 2 nitrogen and oxygen atoms in total. The molecule has 1 aliphatic rings. The summed E-state index contributed by atoms with van der Waals surface area (Å²) in [5.74, 6) is 0.379. The van der Waals surface area contributed by atoms with Gasteiger partial charge in [0.15, 0.2) is 5.78 Å². The van der Waals surface area contributed by atoms with Crippen LogP contribution < -0.4 is 5.32 Å². The van der Waals surface area contributed by atoms with Crippen LogP contribution in [0.2, 0.25) is 0 Å². The van der Waals surface area contributed by atoms with E-state index in [0.717, 1.165) is 32.2 Å². The minimum atomic E-state index is -0.247. The van der Waals surface area contributed by atoms with E-state index < -0.39 is 0 Å². The fraction of sp³-hybridized carbons (Fsp3) is 0.588. The molecule has 1 N–H and O–H groups in total. The summed E-state index contributed by atoms with van der Waals surface area (Å²) in [6.45, 7) is 7.35. The molecule has 0 aromatic heterocycles. The van der Waals surface area contributed by atoms with Gasteiger partial charge in [0.25, 0.3) is 0 Å². The van der Waals surface area contributed by atoms with E-state index >= 15 is 0 Å². The van der Waals surface area contributed by atoms with E-state index in [0.29, 0.717) is 12.2 Å². The highest BCUT2D eigenvalue weighted by Crippen LogP contribution is 2.28. The summed E-state index contributed by atoms with van der Waals surface area (Å²) < 4.78 is 0. The van der Waals surface area contributed by atoms with Crippen LogP contribution >= 0.6 is 0 Å². The highest BCUT2D eigenvalue weighted by Gasteiger charge is 2.39. The molecule has 1 unspecified atom stereocenters. The Morgan fingerprint density at radius 2 is 2.00 bits per heavy atom. The number of Topliss-reactive ketones (excluding diaryl/α,β-unsaturated/α-hetero) is 1. The number of carbonyl (C=O) groups excluding carboxylic acids is 1. The van der Waals surface area contributed by atoms with Crippen molar-refractivity contribution < 1.29 is 4.79 Å². The van der Waals surface area contributed by atoms with Gasteiger partial charge in [-0.1, -0.05) is 31.5 Å². The van der Waals surface area contributed by atoms with Gasteiger partial charge in [-0.3, -0.25) is 4.79 Å². The Morgan fingerprint density at radius 1 is 1.32 bits per heavy atom. The summed E-state index contributed by atoms with van der Waals surface area (Å²) in [6.07, 6.45) is 4.73. The molecule has 1 aliphatic heterocycles. The number of rotatable bonds is 5. The lowest BCUT2D eigenvalue weighted by Crippen LogP contribution is -2.48. The Hall–Kier alpha value is -1.15. The average molecular weight is 259 g/mol. The van der Waals surface area contributed by atoms with E-state index in [9.17, 15) is 4.79 Å². The maximum atomic E-state index is 12.8. The first kappa shape index (κ1) is 14.3. The molecule has 1 aromatic rings. The lowest BCUT2D eigenvalue weighted by molar-refractivity contribution is -0.124. The zero-order valence-electron chi connectivity index (χ0n) is 12.4. The molecular formula is C17H25NO. The first-order valence-corrected chi connectivity index (χ1v) is 7.42. The zero-order valence-corrected chi connectivity index (χ0v) is 12.4. The van der Waals surface area contributed by atoms with Crippen molar-refractivity contribution in [2.45, 2.75) is 58.4 Å². The van der Waals surface area contributed by atoms with Gasteiger partial charge in [0.1, 0.15) is 0 Å². The maximum Gasteiger partial charge on any atom is 0.157 e. The third kappa shape index (κ3) is 2.89. The molecule has 2 rings (SSSR count). The van der Waals surface area contributed by atoms with Crippen LogP contribution in [0.1, 0.15) is 49.3 Å². The molecule has 0 bridgehead atoms. The monoisotopic (exact) mass is 259 g/mol. The van der Waals surface area contributed by atoms with Crippen LogP contribution in [0.15, 0.2) is 18.2 Å². The Balaban J connectivity index is 2.20. The lowest BCUT2D eigenvalue weighted by Gasteiger charge is -2.28. The first-order valence-electron chi connectivity index (χ1n) is 7.42. The molecule has 19 heavy (non-hydrogen) atoms. The van der Waals surface area contributed by atoms with Gasteiger partial charge in [-0.2, -0.15) is 0 Å². The van der Waals surface area contributed by atoms with Crippen LogP contribution in [-0.4, -0.2) is 17.9 Å². The molecule has 2 heteroatoms. The fourth-order valence-electron chi connectivity index (χ4n) is 3.28. The molecule has 1 saturated heterocycles. The third-order valence-electron chi connectivity index (χ3n) is 4.44. The summed E-state index contributed by atoms with van der Waals surface area (Å²) in [5, 5.41) is 3.48. The van der Waals surface area contributed by atoms with Crippen molar-refractivity contribution in [1.29, 1.82) is 0 Å². The van der Waals surface area contributed by atoms with E-state index in [2.05, 4.69) is 44.3 Å². The van der Waals surface area contributed by atoms with Gasteiger partial charge in [0, 0.05) is 6.42 Å². The van der Waals surface area contributed by atoms with Crippen LogP contribution in [0, 0.1) is 13.8 Å². The minimum absolute atomic E-state index is 0.247. The van der Waals surface area contributed by atoms with Gasteiger partial charge in [0.2, 0.25) is 0 Å². The van der Waals surface area contributed by atoms with E-state index in [1.165, 1.54) is 16.7 Å². The Kier molecular flexibility index (Phi) is 4.41. The number of benzene rings is 1. The number of carbonyl (C=O) groups is 1. The van der Waals surface area contributed by atoms with Crippen molar-refractivity contribution >= 4 is 5.78 Å². The standard InChI is InChI=1S/C17H25NO/c1-4-9-17(10-6-11-18-17)16(19)12-15-13(2)7-5-8-14(15)3/h5,7-8,18H,4,6,9-12H2,1-3H3. The molecule has 0 amide bonds. The van der Waals surface area contributed by atoms with E-state index in [-0.39, 0.29) is 5.54 Å². The Morgan fingerprint density at radius 3 is 2.53 bits per heavy atom. The van der Waals surface area contributed by atoms with Crippen molar-refractivity contribution in [3.8, 4) is 0 Å². The van der Waals surface area contributed by atoms with Crippen molar-refractivity contribution in [2.24, 2.45) is 0 Å². The summed E-state index contributed by atoms with van der Waals surface area (Å²) in [5.41, 5.74) is 3.44. The fourth-order valence-corrected chi connectivity index (χ4v) is 3.28. The molecule has 1 fully saturated rings. The molecule has 0 aliphatic carbocycles. The predicted molar refractivity (Wildman–Crippen MR) is 79.5 cm³/mol. The van der Waals surface area contributed by atoms with Crippen LogP contribution in [0.5, 0.6) is 0 Å². The number of nitrogens with one attached hydrogen (secondary N) is 1. The largest absolute Gasteiger partial charge is 0.305 e. The van der Waals surface area contributed by atoms with Crippen LogP contribution in [0.4, 0.5) is 0 Å². The third-order valence-corrected chi connectivity index (χ3v) is 4.44. The quantitative estimate of drug-likeness (QED) is 0.878. The highest BCUT2D eigenvalue weighted by atomic mass is 16.1. The van der Waals surface area contributed by atoms with Crippen molar-refractivity contribution in [3.05, 3.63) is 34.9 Å². The summed E-state index contributed by atoms with van der Waals surface area (Å²) in [7, 11) is 0. The summed E-state index contributed by atoms with van der Waals surface area (Å²) >= 11 is 0. The van der Waals surface area contributed by atoms with Gasteiger partial charge in [-0.25, -0.2) is 0 Å². The molecule has 1 atom stereocenters. The topological polar surface area (TPSA) is 29.1 Å². The lowest BCUT2D eigenvalue weighted by atomic mass is 9.83. The highest BCUT2D eigenvalue weighted by molar-refractivity contribution is 5.91. The zero-order chi connectivity index (χ0) is 13.9. The number of hydrogen-bond acceptors (Lipinski definition) is 2. The van der Waals surface area contributed by atoms with Gasteiger partial charge < -0.3 is 5.32 Å². The minimum Gasteiger partial charge on any atom is -0.305 e. The van der Waals surface area contributed by atoms with Crippen LogP contribution in [0.25, 0.3) is 0 Å². The predicted octanol–water partition coefficient (Wildman–Crippen LogP) is 3.34. The molecule has 1 aromatic carbocycles. The average Bonchev–Trinajstić information content (AvgIpc) is 2.84. The smallest absolute Gasteiger partial charge is 0.157 e. The van der Waals surface area contributed by atoms with Gasteiger partial charge in [0.05, 0.1) is 5.54 Å². The van der Waals surface area contributed by atoms with Gasteiger partial charge in [-0.05, 0) is 56.3 Å². The first-order chi connectivity index (χ1) is 9.09. The van der Waals surface area contributed by atoms with E-state index in [4.69, 9.17) is 0 Å². The second-order valence-electron chi connectivity index (χ2n) is 5.83. The second-order valence-corrected chi connectivity index (χ2v) is 5.83. The molecule has 1 heterocycles. The maximum absolute atomic E-state index is 12.8. The number of hydrogen-bond donors (Lipinski definition) is 1. The van der Waals surface area contributed by atoms with Crippen molar-refractivity contribution in [3.63, 3.8) is 0 Å². The van der Waals surface area contributed by atoms with Crippen LogP contribution in [0.3, 0.4) is 0 Å². The number of ketones is 1. The van der Waals surface area contributed by atoms with Crippen molar-refractivity contribution in [1.82, 2.24) is 5.32 Å². The molecule has 104 valence electrons. The van der Waals surface area contributed by atoms with Gasteiger partial charge >= 0.3 is 0 Å². The second kappa shape index (κ2) is 5.87. The van der Waals surface area contributed by atoms with Crippen LogP contribution in [-0.2, 0) is 11.2 Å². The Labute approximate surface area is 116 Å². The van der Waals surface area contributed by atoms with Gasteiger partial charge in [-0.15, -0.1) is 0 Å². The molecule has 0 spiro atoms. The molecular weight excluding hydrogens is 234 g/mol. The molecule has 0 saturated carbocycles. The van der Waals surface area contributed by atoms with E-state index in [1.807, 2.05) is 0 Å². The SMILES string of the molecule is CCCC1(C(=O)Cc2c(C)cccc2C)CCCN1. The summed E-state index contributed by atoms with van der Waals surface area (Å²) in [6, 6.07) is 6.27. The van der Waals surface area contributed by atoms with Crippen molar-refractivity contribution in [2.75, 3.05) is 6.54 Å². The van der Waals surface area contributed by atoms with E-state index in [1.54, 1.807) is 0 Å². The Bertz CT molecular complexity index is 438. The number of aryl methyl sites for hydroxylation is 2. The molecule has 0 radical (unpaired) electrons. The normalized spacial score (nSPS) is 22.7. The summed E-state index contributed by atoms with van der Waals surface area (Å²) in [4.78, 5) is 12.8.